The molecule has 7 nitrogen and oxygen atoms in total. The summed E-state index contributed by atoms with van der Waals surface area (Å²) in [5.74, 6) is -0.187. The zero-order valence-corrected chi connectivity index (χ0v) is 19.3. The predicted octanol–water partition coefficient (Wildman–Crippen LogP) is 3.63. The van der Waals surface area contributed by atoms with Crippen LogP contribution in [0.4, 0.5) is 10.8 Å². The molecule has 2 amide bonds. The van der Waals surface area contributed by atoms with Gasteiger partial charge in [-0.05, 0) is 51.7 Å². The highest BCUT2D eigenvalue weighted by atomic mass is 32.1. The maximum atomic E-state index is 12.6. The number of amides is 2. The van der Waals surface area contributed by atoms with E-state index in [1.54, 1.807) is 11.3 Å². The van der Waals surface area contributed by atoms with Crippen LogP contribution >= 0.6 is 22.7 Å². The Morgan fingerprint density at radius 1 is 1.10 bits per heavy atom. The van der Waals surface area contributed by atoms with Crippen molar-refractivity contribution in [1.82, 2.24) is 15.2 Å². The summed E-state index contributed by atoms with van der Waals surface area (Å²) in [6.07, 6.45) is 0. The summed E-state index contributed by atoms with van der Waals surface area (Å²) in [7, 11) is 3.69. The number of thiophene rings is 1. The fourth-order valence-corrected chi connectivity index (χ4v) is 5.24. The molecule has 160 valence electrons. The molecule has 2 N–H and O–H groups in total. The van der Waals surface area contributed by atoms with Crippen LogP contribution < -0.4 is 15.5 Å². The molecule has 1 aromatic carbocycles. The summed E-state index contributed by atoms with van der Waals surface area (Å²) < 4.78 is 1.04. The average molecular weight is 446 g/mol. The third kappa shape index (κ3) is 5.56. The van der Waals surface area contributed by atoms with Gasteiger partial charge in [0.2, 0.25) is 5.91 Å². The molecule has 0 aliphatic heterocycles. The van der Waals surface area contributed by atoms with Crippen molar-refractivity contribution in [3.05, 3.63) is 40.8 Å². The number of carbonyl (C=O) groups excluding carboxylic acids is 2. The molecule has 0 saturated heterocycles. The highest BCUT2D eigenvalue weighted by molar-refractivity contribution is 7.29. The number of hydrogen-bond donors (Lipinski definition) is 2. The molecule has 0 atom stereocenters. The Kier molecular flexibility index (Phi) is 7.41. The second-order valence-electron chi connectivity index (χ2n) is 7.12. The number of nitrogens with zero attached hydrogens (tertiary/aromatic N) is 3. The van der Waals surface area contributed by atoms with E-state index in [4.69, 9.17) is 0 Å². The number of aromatic nitrogens is 1. The number of benzene rings is 1. The van der Waals surface area contributed by atoms with E-state index >= 15 is 0 Å². The van der Waals surface area contributed by atoms with Gasteiger partial charge < -0.3 is 20.4 Å². The minimum absolute atomic E-state index is 0.0728. The van der Waals surface area contributed by atoms with Crippen molar-refractivity contribution in [3.8, 4) is 0 Å². The van der Waals surface area contributed by atoms with Crippen LogP contribution in [-0.2, 0) is 11.3 Å². The lowest BCUT2D eigenvalue weighted by Gasteiger charge is -2.16. The van der Waals surface area contributed by atoms with Gasteiger partial charge in [0, 0.05) is 25.3 Å². The highest BCUT2D eigenvalue weighted by Crippen LogP contribution is 2.34. The first-order chi connectivity index (χ1) is 14.4. The van der Waals surface area contributed by atoms with Crippen molar-refractivity contribution in [3.63, 3.8) is 0 Å². The standard InChI is InChI=1S/C21H27N5O2S2/c1-5-26(6-2)21-24-20-17(30-21)11-16(29-20)19(28)22-12-14-8-7-9-15(10-14)23-18(27)13-25(3)4/h7-11H,5-6,12-13H2,1-4H3,(H,22,28)(H,23,27). The molecule has 30 heavy (non-hydrogen) atoms. The number of likely N-dealkylation sites (N-methyl/N-ethyl adjacent to an activating group) is 1. The highest BCUT2D eigenvalue weighted by Gasteiger charge is 2.16. The minimum atomic E-state index is -0.114. The van der Waals surface area contributed by atoms with Crippen molar-refractivity contribution in [2.45, 2.75) is 20.4 Å². The van der Waals surface area contributed by atoms with E-state index < -0.39 is 0 Å². The number of thiazole rings is 1. The third-order valence-electron chi connectivity index (χ3n) is 4.46. The molecule has 0 spiro atoms. The van der Waals surface area contributed by atoms with Crippen LogP contribution in [0.1, 0.15) is 29.1 Å². The van der Waals surface area contributed by atoms with E-state index in [9.17, 15) is 9.59 Å². The van der Waals surface area contributed by atoms with E-state index in [0.29, 0.717) is 18.0 Å². The van der Waals surface area contributed by atoms with E-state index in [1.165, 1.54) is 11.3 Å². The number of hydrogen-bond acceptors (Lipinski definition) is 7. The molecule has 0 unspecified atom stereocenters. The average Bonchev–Trinajstić information content (AvgIpc) is 3.26. The van der Waals surface area contributed by atoms with E-state index in [-0.39, 0.29) is 11.8 Å². The van der Waals surface area contributed by atoms with E-state index in [1.807, 2.05) is 49.3 Å². The fraction of sp³-hybridized carbons (Fsp3) is 0.381. The molecular formula is C21H27N5O2S2. The number of fused-ring (bicyclic) bond motifs is 1. The molecule has 0 bridgehead atoms. The largest absolute Gasteiger partial charge is 0.349 e. The third-order valence-corrected chi connectivity index (χ3v) is 6.68. The Bertz CT molecular complexity index is 992. The summed E-state index contributed by atoms with van der Waals surface area (Å²) in [6, 6.07) is 9.42. The van der Waals surface area contributed by atoms with Crippen LogP contribution in [0.25, 0.3) is 9.53 Å². The lowest BCUT2D eigenvalue weighted by Crippen LogP contribution is -2.27. The normalized spacial score (nSPS) is 11.1. The topological polar surface area (TPSA) is 77.6 Å². The molecule has 0 aliphatic carbocycles. The molecule has 0 aliphatic rings. The summed E-state index contributed by atoms with van der Waals surface area (Å²) in [5.41, 5.74) is 1.64. The SMILES string of the molecule is CCN(CC)c1nc2sc(C(=O)NCc3cccc(NC(=O)CN(C)C)c3)cc2s1. The molecule has 0 saturated carbocycles. The lowest BCUT2D eigenvalue weighted by molar-refractivity contribution is -0.116. The fourth-order valence-electron chi connectivity index (χ4n) is 2.98. The number of nitrogens with one attached hydrogen (secondary N) is 2. The van der Waals surface area contributed by atoms with Crippen molar-refractivity contribution >= 4 is 54.8 Å². The molecular weight excluding hydrogens is 418 g/mol. The quantitative estimate of drug-likeness (QED) is 0.526. The summed E-state index contributed by atoms with van der Waals surface area (Å²) in [4.78, 5) is 34.8. The van der Waals surface area contributed by atoms with Crippen molar-refractivity contribution < 1.29 is 9.59 Å². The monoisotopic (exact) mass is 445 g/mol. The van der Waals surface area contributed by atoms with Gasteiger partial charge in [-0.1, -0.05) is 23.5 Å². The molecule has 0 radical (unpaired) electrons. The second-order valence-corrected chi connectivity index (χ2v) is 9.16. The molecule has 2 heterocycles. The van der Waals surface area contributed by atoms with Crippen LogP contribution in [0.15, 0.2) is 30.3 Å². The zero-order valence-electron chi connectivity index (χ0n) is 17.7. The van der Waals surface area contributed by atoms with Gasteiger partial charge in [0.25, 0.3) is 5.91 Å². The van der Waals surface area contributed by atoms with Gasteiger partial charge in [-0.2, -0.15) is 0 Å². The first kappa shape index (κ1) is 22.2. The van der Waals surface area contributed by atoms with Crippen LogP contribution in [0, 0.1) is 0 Å². The number of rotatable bonds is 9. The Morgan fingerprint density at radius 3 is 2.53 bits per heavy atom. The molecule has 3 rings (SSSR count). The summed E-state index contributed by atoms with van der Waals surface area (Å²) in [5, 5.41) is 6.83. The Morgan fingerprint density at radius 2 is 1.87 bits per heavy atom. The molecule has 2 aromatic heterocycles. The van der Waals surface area contributed by atoms with Crippen LogP contribution in [0.5, 0.6) is 0 Å². The van der Waals surface area contributed by atoms with Crippen molar-refractivity contribution in [2.24, 2.45) is 0 Å². The minimum Gasteiger partial charge on any atom is -0.349 e. The second kappa shape index (κ2) is 10.0. The summed E-state index contributed by atoms with van der Waals surface area (Å²) in [6.45, 7) is 6.76. The van der Waals surface area contributed by atoms with Crippen LogP contribution in [0.3, 0.4) is 0 Å². The lowest BCUT2D eigenvalue weighted by atomic mass is 10.2. The van der Waals surface area contributed by atoms with Crippen LogP contribution in [0.2, 0.25) is 0 Å². The molecule has 0 fully saturated rings. The Balaban J connectivity index is 1.61. The maximum Gasteiger partial charge on any atom is 0.261 e. The molecule has 9 heteroatoms. The van der Waals surface area contributed by atoms with E-state index in [2.05, 4.69) is 34.4 Å². The van der Waals surface area contributed by atoms with Gasteiger partial charge in [-0.15, -0.1) is 11.3 Å². The Hall–Kier alpha value is -2.49. The predicted molar refractivity (Wildman–Crippen MR) is 126 cm³/mol. The van der Waals surface area contributed by atoms with Crippen LogP contribution in [-0.4, -0.2) is 55.4 Å². The number of carbonyl (C=O) groups is 2. The van der Waals surface area contributed by atoms with Gasteiger partial charge in [0.15, 0.2) is 5.13 Å². The number of anilines is 2. The van der Waals surface area contributed by atoms with Gasteiger partial charge >= 0.3 is 0 Å². The van der Waals surface area contributed by atoms with Gasteiger partial charge in [0.1, 0.15) is 4.83 Å². The van der Waals surface area contributed by atoms with Gasteiger partial charge in [-0.3, -0.25) is 9.59 Å². The smallest absolute Gasteiger partial charge is 0.261 e. The Labute approximate surface area is 184 Å². The van der Waals surface area contributed by atoms with Crippen molar-refractivity contribution in [1.29, 1.82) is 0 Å². The van der Waals surface area contributed by atoms with Gasteiger partial charge in [-0.25, -0.2) is 4.98 Å². The summed E-state index contributed by atoms with van der Waals surface area (Å²) >= 11 is 3.04. The van der Waals surface area contributed by atoms with E-state index in [0.717, 1.165) is 39.0 Å². The zero-order chi connectivity index (χ0) is 21.7. The van der Waals surface area contributed by atoms with Crippen molar-refractivity contribution in [2.75, 3.05) is 43.9 Å². The molecule has 3 aromatic rings. The van der Waals surface area contributed by atoms with Gasteiger partial charge in [0.05, 0.1) is 16.1 Å². The first-order valence-corrected chi connectivity index (χ1v) is 11.5. The maximum absolute atomic E-state index is 12.6. The first-order valence-electron chi connectivity index (χ1n) is 9.86.